The van der Waals surface area contributed by atoms with Crippen LogP contribution in [0.4, 0.5) is 4.39 Å². The lowest BCUT2D eigenvalue weighted by atomic mass is 10.3. The van der Waals surface area contributed by atoms with Gasteiger partial charge in [-0.05, 0) is 55.8 Å². The van der Waals surface area contributed by atoms with Crippen LogP contribution in [-0.2, 0) is 10.0 Å². The van der Waals surface area contributed by atoms with E-state index in [0.29, 0.717) is 13.0 Å². The first-order valence-electron chi connectivity index (χ1n) is 9.25. The molecule has 28 heavy (non-hydrogen) atoms. The number of likely N-dealkylation sites (tertiary alicyclic amines) is 1. The number of methoxy groups -OCH3 is 1. The average Bonchev–Trinajstić information content (AvgIpc) is 3.13. The van der Waals surface area contributed by atoms with Gasteiger partial charge in [0.1, 0.15) is 11.9 Å². The lowest BCUT2D eigenvalue weighted by Crippen LogP contribution is -2.30. The van der Waals surface area contributed by atoms with E-state index < -0.39 is 15.8 Å². The predicted molar refractivity (Wildman–Crippen MR) is 105 cm³/mol. The lowest BCUT2D eigenvalue weighted by molar-refractivity contribution is 0.192. The van der Waals surface area contributed by atoms with Gasteiger partial charge in [0.05, 0.1) is 12.0 Å². The molecule has 1 aliphatic rings. The van der Waals surface area contributed by atoms with Crippen molar-refractivity contribution in [2.75, 3.05) is 33.3 Å². The summed E-state index contributed by atoms with van der Waals surface area (Å²) in [4.78, 5) is 2.33. The predicted octanol–water partition coefficient (Wildman–Crippen LogP) is 2.66. The number of nitrogens with zero attached hydrogens (tertiary/aromatic N) is 1. The van der Waals surface area contributed by atoms with E-state index in [2.05, 4.69) is 9.62 Å². The molecule has 8 heteroatoms. The molecule has 2 aromatic carbocycles. The highest BCUT2D eigenvalue weighted by molar-refractivity contribution is 7.89. The van der Waals surface area contributed by atoms with E-state index in [9.17, 15) is 12.8 Å². The molecular weight excluding hydrogens is 383 g/mol. The fraction of sp³-hybridized carbons (Fsp3) is 0.400. The molecule has 2 aromatic rings. The number of hydrogen-bond donors (Lipinski definition) is 1. The van der Waals surface area contributed by atoms with E-state index in [4.69, 9.17) is 9.47 Å². The standard InChI is InChI=1S/C20H25FN2O4S/c1-26-19-5-2-3-6-20(19)27-17-11-14-23(15-17)13-4-12-22-28(24,25)18-9-7-16(21)8-10-18/h2-3,5-10,17,22H,4,11-15H2,1H3. The van der Waals surface area contributed by atoms with E-state index >= 15 is 0 Å². The van der Waals surface area contributed by atoms with Gasteiger partial charge in [-0.25, -0.2) is 17.5 Å². The van der Waals surface area contributed by atoms with Gasteiger partial charge in [0.15, 0.2) is 11.5 Å². The summed E-state index contributed by atoms with van der Waals surface area (Å²) < 4.78 is 51.2. The summed E-state index contributed by atoms with van der Waals surface area (Å²) in [7, 11) is -1.98. The molecule has 0 aliphatic carbocycles. The molecule has 0 radical (unpaired) electrons. The Hall–Kier alpha value is -2.16. The zero-order valence-electron chi connectivity index (χ0n) is 15.8. The quantitative estimate of drug-likeness (QED) is 0.646. The highest BCUT2D eigenvalue weighted by atomic mass is 32.2. The summed E-state index contributed by atoms with van der Waals surface area (Å²) in [6.45, 7) is 2.80. The van der Waals surface area contributed by atoms with Gasteiger partial charge in [0.25, 0.3) is 0 Å². The molecule has 1 unspecified atom stereocenters. The third-order valence-corrected chi connectivity index (χ3v) is 6.14. The first-order chi connectivity index (χ1) is 13.5. The van der Waals surface area contributed by atoms with Crippen LogP contribution in [-0.4, -0.2) is 52.7 Å². The third kappa shape index (κ3) is 5.43. The highest BCUT2D eigenvalue weighted by Crippen LogP contribution is 2.28. The largest absolute Gasteiger partial charge is 0.493 e. The maximum atomic E-state index is 12.9. The Morgan fingerprint density at radius 2 is 1.86 bits per heavy atom. The monoisotopic (exact) mass is 408 g/mol. The van der Waals surface area contributed by atoms with Crippen molar-refractivity contribution in [1.29, 1.82) is 0 Å². The van der Waals surface area contributed by atoms with Crippen LogP contribution in [0.2, 0.25) is 0 Å². The van der Waals surface area contributed by atoms with Gasteiger partial charge >= 0.3 is 0 Å². The van der Waals surface area contributed by atoms with Gasteiger partial charge in [0, 0.05) is 19.6 Å². The molecule has 6 nitrogen and oxygen atoms in total. The Morgan fingerprint density at radius 1 is 1.14 bits per heavy atom. The summed E-state index contributed by atoms with van der Waals surface area (Å²) in [5, 5.41) is 0. The van der Waals surface area contributed by atoms with E-state index in [1.54, 1.807) is 7.11 Å². The van der Waals surface area contributed by atoms with Crippen LogP contribution in [0, 0.1) is 5.82 Å². The number of benzene rings is 2. The normalized spacial score (nSPS) is 17.6. The summed E-state index contributed by atoms with van der Waals surface area (Å²) >= 11 is 0. The highest BCUT2D eigenvalue weighted by Gasteiger charge is 2.24. The first-order valence-corrected chi connectivity index (χ1v) is 10.7. The molecule has 0 amide bonds. The van der Waals surface area contributed by atoms with Crippen LogP contribution < -0.4 is 14.2 Å². The number of hydrogen-bond acceptors (Lipinski definition) is 5. The van der Waals surface area contributed by atoms with E-state index in [0.717, 1.165) is 49.7 Å². The maximum Gasteiger partial charge on any atom is 0.240 e. The summed E-state index contributed by atoms with van der Waals surface area (Å²) in [6, 6.07) is 12.4. The van der Waals surface area contributed by atoms with Crippen molar-refractivity contribution in [2.24, 2.45) is 0 Å². The number of ether oxygens (including phenoxy) is 2. The molecule has 1 N–H and O–H groups in total. The Kier molecular flexibility index (Phi) is 6.88. The number of para-hydroxylation sites is 2. The fourth-order valence-electron chi connectivity index (χ4n) is 3.20. The van der Waals surface area contributed by atoms with Gasteiger partial charge < -0.3 is 9.47 Å². The van der Waals surface area contributed by atoms with Gasteiger partial charge in [0.2, 0.25) is 10.0 Å². The minimum Gasteiger partial charge on any atom is -0.493 e. The molecule has 1 fully saturated rings. The van der Waals surface area contributed by atoms with Gasteiger partial charge in [-0.15, -0.1) is 0 Å². The number of halogens is 1. The molecule has 1 heterocycles. The molecule has 1 atom stereocenters. The minimum absolute atomic E-state index is 0.0698. The number of rotatable bonds is 9. The summed E-state index contributed by atoms with van der Waals surface area (Å²) in [5.41, 5.74) is 0. The van der Waals surface area contributed by atoms with Crippen molar-refractivity contribution in [3.8, 4) is 11.5 Å². The Morgan fingerprint density at radius 3 is 2.57 bits per heavy atom. The van der Waals surface area contributed by atoms with Crippen LogP contribution in [0.15, 0.2) is 53.4 Å². The second-order valence-corrected chi connectivity index (χ2v) is 8.45. The summed E-state index contributed by atoms with van der Waals surface area (Å²) in [6.07, 6.45) is 1.69. The molecule has 3 rings (SSSR count). The molecule has 1 aliphatic heterocycles. The molecule has 1 saturated heterocycles. The zero-order valence-corrected chi connectivity index (χ0v) is 16.6. The van der Waals surface area contributed by atoms with E-state index in [-0.39, 0.29) is 11.0 Å². The molecule has 0 bridgehead atoms. The zero-order chi connectivity index (χ0) is 20.0. The minimum atomic E-state index is -3.61. The van der Waals surface area contributed by atoms with Gasteiger partial charge in [-0.2, -0.15) is 0 Å². The molecular formula is C20H25FN2O4S. The van der Waals surface area contributed by atoms with Crippen LogP contribution in [0.1, 0.15) is 12.8 Å². The van der Waals surface area contributed by atoms with Crippen LogP contribution in [0.25, 0.3) is 0 Å². The van der Waals surface area contributed by atoms with Crippen molar-refractivity contribution in [3.63, 3.8) is 0 Å². The van der Waals surface area contributed by atoms with Crippen molar-refractivity contribution in [1.82, 2.24) is 9.62 Å². The van der Waals surface area contributed by atoms with Crippen molar-refractivity contribution >= 4 is 10.0 Å². The molecule has 0 aromatic heterocycles. The third-order valence-electron chi connectivity index (χ3n) is 4.66. The molecule has 0 saturated carbocycles. The van der Waals surface area contributed by atoms with Crippen LogP contribution in [0.3, 0.4) is 0 Å². The fourth-order valence-corrected chi connectivity index (χ4v) is 4.27. The number of nitrogens with one attached hydrogen (secondary N) is 1. The second kappa shape index (κ2) is 9.36. The molecule has 0 spiro atoms. The van der Waals surface area contributed by atoms with Gasteiger partial charge in [-0.1, -0.05) is 12.1 Å². The SMILES string of the molecule is COc1ccccc1OC1CCN(CCCNS(=O)(=O)c2ccc(F)cc2)C1. The van der Waals surface area contributed by atoms with Crippen molar-refractivity contribution in [2.45, 2.75) is 23.8 Å². The average molecular weight is 408 g/mol. The van der Waals surface area contributed by atoms with Crippen LogP contribution in [0.5, 0.6) is 11.5 Å². The Bertz CT molecular complexity index is 874. The topological polar surface area (TPSA) is 67.9 Å². The first kappa shape index (κ1) is 20.6. The number of sulfonamides is 1. The van der Waals surface area contributed by atoms with E-state index in [1.165, 1.54) is 12.1 Å². The Labute approximate surface area is 165 Å². The second-order valence-electron chi connectivity index (χ2n) is 6.69. The smallest absolute Gasteiger partial charge is 0.240 e. The summed E-state index contributed by atoms with van der Waals surface area (Å²) in [5.74, 6) is 0.998. The van der Waals surface area contributed by atoms with Gasteiger partial charge in [-0.3, -0.25) is 4.90 Å². The molecule has 152 valence electrons. The maximum absolute atomic E-state index is 12.9. The van der Waals surface area contributed by atoms with Crippen molar-refractivity contribution < 1.29 is 22.3 Å². The van der Waals surface area contributed by atoms with Crippen molar-refractivity contribution in [3.05, 3.63) is 54.3 Å². The van der Waals surface area contributed by atoms with Crippen LogP contribution >= 0.6 is 0 Å². The van der Waals surface area contributed by atoms with E-state index in [1.807, 2.05) is 24.3 Å². The lowest BCUT2D eigenvalue weighted by Gasteiger charge is -2.18. The Balaban J connectivity index is 1.41.